The van der Waals surface area contributed by atoms with E-state index in [0.717, 1.165) is 11.1 Å². The van der Waals surface area contributed by atoms with Gasteiger partial charge in [0.15, 0.2) is 16.3 Å². The third-order valence-corrected chi connectivity index (χ3v) is 7.55. The molecule has 3 aromatic carbocycles. The molecule has 0 saturated heterocycles. The van der Waals surface area contributed by atoms with Gasteiger partial charge in [-0.2, -0.15) is 0 Å². The minimum absolute atomic E-state index is 0.180. The van der Waals surface area contributed by atoms with E-state index in [-0.39, 0.29) is 17.7 Å². The molecule has 0 unspecified atom stereocenters. The molecule has 0 aliphatic carbocycles. The average molecular weight is 571 g/mol. The van der Waals surface area contributed by atoms with Crippen LogP contribution >= 0.6 is 11.3 Å². The van der Waals surface area contributed by atoms with E-state index >= 15 is 0 Å². The molecular formula is C32H30N2O6S. The predicted octanol–water partition coefficient (Wildman–Crippen LogP) is 4.35. The Balaban J connectivity index is 1.79. The fourth-order valence-corrected chi connectivity index (χ4v) is 5.77. The molecule has 1 aliphatic heterocycles. The number of aromatic nitrogens is 1. The maximum Gasteiger partial charge on any atom is 0.338 e. The van der Waals surface area contributed by atoms with Crippen molar-refractivity contribution in [2.75, 3.05) is 27.4 Å². The van der Waals surface area contributed by atoms with E-state index in [1.54, 1.807) is 37.9 Å². The molecule has 1 atom stereocenters. The van der Waals surface area contributed by atoms with Crippen molar-refractivity contribution in [3.05, 3.63) is 115 Å². The molecule has 41 heavy (non-hydrogen) atoms. The molecule has 1 aromatic heterocycles. The quantitative estimate of drug-likeness (QED) is 0.278. The third-order valence-electron chi connectivity index (χ3n) is 6.57. The first-order valence-corrected chi connectivity index (χ1v) is 14.0. The van der Waals surface area contributed by atoms with E-state index in [4.69, 9.17) is 23.9 Å². The van der Waals surface area contributed by atoms with Gasteiger partial charge in [0.05, 0.1) is 49.3 Å². The van der Waals surface area contributed by atoms with Crippen molar-refractivity contribution in [3.8, 4) is 17.2 Å². The van der Waals surface area contributed by atoms with Crippen LogP contribution in [-0.4, -0.2) is 38.0 Å². The van der Waals surface area contributed by atoms with Gasteiger partial charge < -0.3 is 18.9 Å². The van der Waals surface area contributed by atoms with Gasteiger partial charge in [0.2, 0.25) is 0 Å². The number of thiazole rings is 1. The molecule has 0 bridgehead atoms. The number of hydrogen-bond donors (Lipinski definition) is 0. The van der Waals surface area contributed by atoms with E-state index in [2.05, 4.69) is 0 Å². The van der Waals surface area contributed by atoms with E-state index in [0.29, 0.717) is 44.4 Å². The Morgan fingerprint density at radius 1 is 0.951 bits per heavy atom. The molecule has 5 rings (SSSR count). The topological polar surface area (TPSA) is 88.4 Å². The number of fused-ring (bicyclic) bond motifs is 1. The van der Waals surface area contributed by atoms with Gasteiger partial charge >= 0.3 is 5.97 Å². The van der Waals surface area contributed by atoms with Crippen molar-refractivity contribution in [2.24, 2.45) is 4.99 Å². The summed E-state index contributed by atoms with van der Waals surface area (Å²) in [6.45, 7) is 4.30. The van der Waals surface area contributed by atoms with Crippen molar-refractivity contribution < 1.29 is 23.7 Å². The van der Waals surface area contributed by atoms with Gasteiger partial charge in [-0.1, -0.05) is 59.9 Å². The third kappa shape index (κ3) is 5.53. The van der Waals surface area contributed by atoms with E-state index < -0.39 is 12.0 Å². The zero-order valence-electron chi connectivity index (χ0n) is 23.2. The number of ether oxygens (including phenoxy) is 4. The Kier molecular flexibility index (Phi) is 8.35. The Morgan fingerprint density at radius 3 is 2.46 bits per heavy atom. The molecular weight excluding hydrogens is 540 g/mol. The van der Waals surface area contributed by atoms with Crippen LogP contribution < -0.4 is 29.1 Å². The molecule has 0 spiro atoms. The maximum absolute atomic E-state index is 14.1. The number of rotatable bonds is 9. The lowest BCUT2D eigenvalue weighted by Crippen LogP contribution is -2.40. The van der Waals surface area contributed by atoms with Crippen LogP contribution in [0.1, 0.15) is 36.6 Å². The zero-order chi connectivity index (χ0) is 28.9. The molecule has 0 fully saturated rings. The van der Waals surface area contributed by atoms with Crippen LogP contribution in [0.15, 0.2) is 88.2 Å². The molecule has 4 aromatic rings. The van der Waals surface area contributed by atoms with Crippen molar-refractivity contribution in [1.29, 1.82) is 0 Å². The second-order valence-electron chi connectivity index (χ2n) is 9.05. The molecule has 0 amide bonds. The second kappa shape index (κ2) is 12.3. The number of benzene rings is 3. The summed E-state index contributed by atoms with van der Waals surface area (Å²) < 4.78 is 24.2. The lowest BCUT2D eigenvalue weighted by molar-refractivity contribution is -0.138. The number of nitrogens with zero attached hydrogens (tertiary/aromatic N) is 2. The van der Waals surface area contributed by atoms with E-state index in [1.807, 2.05) is 73.7 Å². The first kappa shape index (κ1) is 27.9. The van der Waals surface area contributed by atoms with E-state index in [1.165, 1.54) is 11.3 Å². The predicted molar refractivity (Wildman–Crippen MR) is 158 cm³/mol. The first-order valence-electron chi connectivity index (χ1n) is 13.2. The van der Waals surface area contributed by atoms with Crippen LogP contribution in [-0.2, 0) is 9.53 Å². The van der Waals surface area contributed by atoms with Crippen LogP contribution in [0.3, 0.4) is 0 Å². The highest BCUT2D eigenvalue weighted by Gasteiger charge is 2.35. The summed E-state index contributed by atoms with van der Waals surface area (Å²) in [5, 5.41) is 0. The zero-order valence-corrected chi connectivity index (χ0v) is 24.1. The molecule has 9 heteroatoms. The van der Waals surface area contributed by atoms with Gasteiger partial charge in [-0.15, -0.1) is 0 Å². The summed E-state index contributed by atoms with van der Waals surface area (Å²) in [6, 6.07) is 21.5. The smallest absolute Gasteiger partial charge is 0.338 e. The Morgan fingerprint density at radius 2 is 1.76 bits per heavy atom. The number of esters is 1. The van der Waals surface area contributed by atoms with Crippen LogP contribution in [0.25, 0.3) is 11.8 Å². The van der Waals surface area contributed by atoms with Crippen LogP contribution in [0, 0.1) is 0 Å². The lowest BCUT2D eigenvalue weighted by atomic mass is 9.93. The summed E-state index contributed by atoms with van der Waals surface area (Å²) >= 11 is 1.26. The summed E-state index contributed by atoms with van der Waals surface area (Å²) in [5.41, 5.74) is 2.69. The van der Waals surface area contributed by atoms with Crippen LogP contribution in [0.4, 0.5) is 0 Å². The van der Waals surface area contributed by atoms with Crippen molar-refractivity contribution in [1.82, 2.24) is 4.57 Å². The number of carbonyl (C=O) groups excluding carboxylic acids is 1. The first-order chi connectivity index (χ1) is 20.0. The van der Waals surface area contributed by atoms with Crippen molar-refractivity contribution in [3.63, 3.8) is 0 Å². The normalized spacial score (nSPS) is 14.7. The molecule has 1 aliphatic rings. The van der Waals surface area contributed by atoms with Gasteiger partial charge in [0.25, 0.3) is 5.56 Å². The fourth-order valence-electron chi connectivity index (χ4n) is 4.77. The largest absolute Gasteiger partial charge is 0.497 e. The van der Waals surface area contributed by atoms with Gasteiger partial charge in [-0.3, -0.25) is 9.36 Å². The molecule has 8 nitrogen and oxygen atoms in total. The van der Waals surface area contributed by atoms with Gasteiger partial charge in [0.1, 0.15) is 5.75 Å². The Bertz CT molecular complexity index is 1790. The highest BCUT2D eigenvalue weighted by molar-refractivity contribution is 7.07. The van der Waals surface area contributed by atoms with Crippen molar-refractivity contribution >= 4 is 29.1 Å². The van der Waals surface area contributed by atoms with Crippen LogP contribution in [0.5, 0.6) is 17.2 Å². The Labute approximate surface area is 241 Å². The van der Waals surface area contributed by atoms with Gasteiger partial charge in [-0.05, 0) is 55.3 Å². The standard InChI is InChI=1S/C32H30N2O6S/c1-5-39-25-17-20(15-16-24(25)38-4)18-26-30(35)34-29(22-13-10-14-23(19-22)37-3)27(31(36)40-6-2)28(33-32(34)41-26)21-11-8-7-9-12-21/h7-19,29H,5-6H2,1-4H3/b26-18-/t29-/m0/s1. The highest BCUT2D eigenvalue weighted by atomic mass is 32.1. The van der Waals surface area contributed by atoms with Gasteiger partial charge in [-0.25, -0.2) is 9.79 Å². The monoisotopic (exact) mass is 570 g/mol. The van der Waals surface area contributed by atoms with Gasteiger partial charge in [0, 0.05) is 5.56 Å². The maximum atomic E-state index is 14.1. The number of carbonyl (C=O) groups is 1. The molecule has 0 saturated carbocycles. The molecule has 2 heterocycles. The summed E-state index contributed by atoms with van der Waals surface area (Å²) in [5.74, 6) is 1.26. The summed E-state index contributed by atoms with van der Waals surface area (Å²) in [6.07, 6.45) is 1.80. The average Bonchev–Trinajstić information content (AvgIpc) is 3.31. The fraction of sp³-hybridized carbons (Fsp3) is 0.219. The minimum Gasteiger partial charge on any atom is -0.497 e. The van der Waals surface area contributed by atoms with E-state index in [9.17, 15) is 9.59 Å². The SMILES string of the molecule is CCOC(=O)C1=C(c2ccccc2)N=c2s/c(=C\c3ccc(OC)c(OCC)c3)c(=O)n2[C@H]1c1cccc(OC)c1. The summed E-state index contributed by atoms with van der Waals surface area (Å²) in [4.78, 5) is 33.0. The second-order valence-corrected chi connectivity index (χ2v) is 10.1. The number of hydrogen-bond acceptors (Lipinski definition) is 8. The van der Waals surface area contributed by atoms with Crippen LogP contribution in [0.2, 0.25) is 0 Å². The highest BCUT2D eigenvalue weighted by Crippen LogP contribution is 2.36. The Hall–Kier alpha value is -4.63. The number of methoxy groups -OCH3 is 2. The van der Waals surface area contributed by atoms with Crippen molar-refractivity contribution in [2.45, 2.75) is 19.9 Å². The summed E-state index contributed by atoms with van der Waals surface area (Å²) in [7, 11) is 3.16. The molecule has 210 valence electrons. The molecule has 0 radical (unpaired) electrons. The lowest BCUT2D eigenvalue weighted by Gasteiger charge is -2.26. The molecule has 0 N–H and O–H groups in total. The minimum atomic E-state index is -0.785.